The summed E-state index contributed by atoms with van der Waals surface area (Å²) in [4.78, 5) is 34.6. The van der Waals surface area contributed by atoms with Gasteiger partial charge in [0.15, 0.2) is 0 Å². The fraction of sp³-hybridized carbons (Fsp3) is 0.280. The molecule has 0 saturated carbocycles. The second-order valence-corrected chi connectivity index (χ2v) is 8.32. The van der Waals surface area contributed by atoms with Crippen molar-refractivity contribution in [1.29, 1.82) is 0 Å². The van der Waals surface area contributed by atoms with Crippen LogP contribution < -0.4 is 16.0 Å². The summed E-state index contributed by atoms with van der Waals surface area (Å²) in [6, 6.07) is 11.0. The Morgan fingerprint density at radius 1 is 1.24 bits per heavy atom. The second kappa shape index (κ2) is 11.1. The van der Waals surface area contributed by atoms with E-state index in [1.165, 1.54) is 4.57 Å². The number of benzene rings is 1. The largest absolute Gasteiger partial charge is 0.439 e. The van der Waals surface area contributed by atoms with Crippen molar-refractivity contribution in [3.05, 3.63) is 90.8 Å². The van der Waals surface area contributed by atoms with Gasteiger partial charge in [0, 0.05) is 32.0 Å². The summed E-state index contributed by atoms with van der Waals surface area (Å²) in [6.45, 7) is 5.37. The average molecular weight is 483 g/mol. The summed E-state index contributed by atoms with van der Waals surface area (Å²) < 4.78 is 8.52. The van der Waals surface area contributed by atoms with E-state index in [4.69, 9.17) is 21.4 Å². The number of aliphatic hydroxyl groups is 1. The number of hydrogen-bond donors (Lipinski definition) is 1. The van der Waals surface area contributed by atoms with Crippen LogP contribution in [0.25, 0.3) is 6.08 Å². The third kappa shape index (κ3) is 5.89. The quantitative estimate of drug-likeness (QED) is 0.408. The number of ether oxygens (including phenoxy) is 1. The van der Waals surface area contributed by atoms with Gasteiger partial charge in [0.25, 0.3) is 5.56 Å². The smallest absolute Gasteiger partial charge is 0.332 e. The van der Waals surface area contributed by atoms with Gasteiger partial charge in [-0.15, -0.1) is 0 Å². The molecule has 1 N–H and O–H groups in total. The SMILES string of the molecule is CC(=C/c1ccc(Cl)cn1)/C(=N\c1c(C)c(=O)n(CCCO)c(=O)n1C)Oc1cccc(C)c1. The molecule has 2 heterocycles. The number of aliphatic hydroxyl groups excluding tert-OH is 1. The van der Waals surface area contributed by atoms with Crippen LogP contribution in [0.3, 0.4) is 0 Å². The van der Waals surface area contributed by atoms with Crippen molar-refractivity contribution in [3.8, 4) is 5.75 Å². The molecular formula is C25H27ClN4O4. The minimum atomic E-state index is -0.515. The Labute approximate surface area is 202 Å². The normalized spacial score (nSPS) is 12.2. The number of rotatable bonds is 7. The van der Waals surface area contributed by atoms with Crippen molar-refractivity contribution in [1.82, 2.24) is 14.1 Å². The van der Waals surface area contributed by atoms with Crippen LogP contribution in [0, 0.1) is 13.8 Å². The number of aromatic nitrogens is 3. The van der Waals surface area contributed by atoms with Crippen molar-refractivity contribution < 1.29 is 9.84 Å². The first-order valence-electron chi connectivity index (χ1n) is 10.8. The van der Waals surface area contributed by atoms with E-state index < -0.39 is 11.2 Å². The van der Waals surface area contributed by atoms with Crippen molar-refractivity contribution in [3.63, 3.8) is 0 Å². The fourth-order valence-electron chi connectivity index (χ4n) is 3.33. The van der Waals surface area contributed by atoms with Crippen LogP contribution in [-0.2, 0) is 13.6 Å². The van der Waals surface area contributed by atoms with Crippen LogP contribution in [0.2, 0.25) is 5.02 Å². The summed E-state index contributed by atoms with van der Waals surface area (Å²) >= 11 is 5.94. The highest BCUT2D eigenvalue weighted by Crippen LogP contribution is 2.20. The Morgan fingerprint density at radius 2 is 2.00 bits per heavy atom. The van der Waals surface area contributed by atoms with E-state index >= 15 is 0 Å². The molecule has 3 aromatic rings. The summed E-state index contributed by atoms with van der Waals surface area (Å²) in [5.74, 6) is 0.970. The maximum atomic E-state index is 12.9. The zero-order valence-corrected chi connectivity index (χ0v) is 20.3. The van der Waals surface area contributed by atoms with E-state index in [1.54, 1.807) is 51.4 Å². The molecule has 9 heteroatoms. The first-order chi connectivity index (χ1) is 16.2. The minimum absolute atomic E-state index is 0.119. The molecule has 0 bridgehead atoms. The lowest BCUT2D eigenvalue weighted by atomic mass is 10.2. The highest BCUT2D eigenvalue weighted by molar-refractivity contribution is 6.30. The van der Waals surface area contributed by atoms with Crippen LogP contribution >= 0.6 is 11.6 Å². The summed E-state index contributed by atoms with van der Waals surface area (Å²) in [5, 5.41) is 9.62. The Balaban J connectivity index is 2.16. The topological polar surface area (TPSA) is 98.7 Å². The first kappa shape index (κ1) is 25.1. The predicted octanol–water partition coefficient (Wildman–Crippen LogP) is 3.81. The summed E-state index contributed by atoms with van der Waals surface area (Å²) in [5.41, 5.74) is 1.61. The molecule has 8 nitrogen and oxygen atoms in total. The van der Waals surface area contributed by atoms with Crippen molar-refractivity contribution >= 4 is 29.4 Å². The van der Waals surface area contributed by atoms with Crippen molar-refractivity contribution in [2.75, 3.05) is 6.61 Å². The van der Waals surface area contributed by atoms with E-state index in [9.17, 15) is 9.59 Å². The molecule has 0 radical (unpaired) electrons. The first-order valence-corrected chi connectivity index (χ1v) is 11.1. The molecule has 0 atom stereocenters. The molecular weight excluding hydrogens is 456 g/mol. The molecule has 0 aliphatic carbocycles. The lowest BCUT2D eigenvalue weighted by Crippen LogP contribution is -2.40. The number of hydrogen-bond acceptors (Lipinski definition) is 6. The van der Waals surface area contributed by atoms with Crippen LogP contribution in [0.15, 0.2) is 62.7 Å². The van der Waals surface area contributed by atoms with Gasteiger partial charge in [0.2, 0.25) is 5.90 Å². The van der Waals surface area contributed by atoms with Crippen LogP contribution in [0.4, 0.5) is 5.82 Å². The average Bonchev–Trinajstić information content (AvgIpc) is 2.81. The fourth-order valence-corrected chi connectivity index (χ4v) is 3.44. The van der Waals surface area contributed by atoms with E-state index in [2.05, 4.69) is 9.98 Å². The van der Waals surface area contributed by atoms with Crippen LogP contribution in [0.1, 0.15) is 30.2 Å². The highest BCUT2D eigenvalue weighted by atomic mass is 35.5. The third-order valence-corrected chi connectivity index (χ3v) is 5.36. The van der Waals surface area contributed by atoms with E-state index in [0.29, 0.717) is 34.0 Å². The molecule has 0 fully saturated rings. The molecule has 0 spiro atoms. The van der Waals surface area contributed by atoms with Gasteiger partial charge in [-0.05, 0) is 63.1 Å². The van der Waals surface area contributed by atoms with E-state index in [-0.39, 0.29) is 24.9 Å². The van der Waals surface area contributed by atoms with Gasteiger partial charge in [0.1, 0.15) is 11.6 Å². The molecule has 178 valence electrons. The van der Waals surface area contributed by atoms with Gasteiger partial charge in [-0.1, -0.05) is 23.7 Å². The summed E-state index contributed by atoms with van der Waals surface area (Å²) in [7, 11) is 1.55. The molecule has 3 rings (SSSR count). The van der Waals surface area contributed by atoms with Crippen molar-refractivity contribution in [2.45, 2.75) is 33.7 Å². The zero-order valence-electron chi connectivity index (χ0n) is 19.6. The maximum Gasteiger partial charge on any atom is 0.332 e. The van der Waals surface area contributed by atoms with Gasteiger partial charge in [0.05, 0.1) is 16.3 Å². The zero-order chi connectivity index (χ0) is 24.8. The van der Waals surface area contributed by atoms with Crippen molar-refractivity contribution in [2.24, 2.45) is 12.0 Å². The minimum Gasteiger partial charge on any atom is -0.439 e. The Bertz CT molecular complexity index is 1320. The monoisotopic (exact) mass is 482 g/mol. The lowest BCUT2D eigenvalue weighted by molar-refractivity contribution is 0.277. The highest BCUT2D eigenvalue weighted by Gasteiger charge is 2.16. The Hall–Kier alpha value is -3.49. The predicted molar refractivity (Wildman–Crippen MR) is 134 cm³/mol. The molecule has 34 heavy (non-hydrogen) atoms. The lowest BCUT2D eigenvalue weighted by Gasteiger charge is -2.15. The molecule has 0 unspecified atom stereocenters. The van der Waals surface area contributed by atoms with Crippen LogP contribution in [0.5, 0.6) is 5.75 Å². The molecule has 0 saturated heterocycles. The molecule has 2 aromatic heterocycles. The molecule has 0 amide bonds. The molecule has 0 aliphatic rings. The van der Waals surface area contributed by atoms with Gasteiger partial charge < -0.3 is 9.84 Å². The van der Waals surface area contributed by atoms with Gasteiger partial charge in [-0.3, -0.25) is 18.9 Å². The standard InChI is InChI=1S/C25H27ClN4O4/c1-16-7-5-8-21(13-16)34-23(17(2)14-20-10-9-19(26)15-27-20)28-22-18(3)24(32)30(11-6-12-31)25(33)29(22)4/h5,7-10,13-15,31H,6,11-12H2,1-4H3/b17-14-,28-23+. The molecule has 0 aliphatic heterocycles. The number of aliphatic imine (C=N–C) groups is 1. The van der Waals surface area contributed by atoms with Gasteiger partial charge >= 0.3 is 5.69 Å². The Morgan fingerprint density at radius 3 is 2.65 bits per heavy atom. The number of halogens is 1. The van der Waals surface area contributed by atoms with Gasteiger partial charge in [-0.2, -0.15) is 4.99 Å². The van der Waals surface area contributed by atoms with Crippen LogP contribution in [-0.4, -0.2) is 31.7 Å². The summed E-state index contributed by atoms with van der Waals surface area (Å²) in [6.07, 6.45) is 3.62. The van der Waals surface area contributed by atoms with E-state index in [0.717, 1.165) is 10.1 Å². The van der Waals surface area contributed by atoms with Gasteiger partial charge in [-0.25, -0.2) is 4.79 Å². The second-order valence-electron chi connectivity index (χ2n) is 7.89. The number of pyridine rings is 1. The number of nitrogens with zero attached hydrogens (tertiary/aromatic N) is 4. The third-order valence-electron chi connectivity index (χ3n) is 5.14. The number of aryl methyl sites for hydroxylation is 1. The Kier molecular flexibility index (Phi) is 8.20. The maximum absolute atomic E-state index is 12.9. The molecule has 1 aromatic carbocycles. The van der Waals surface area contributed by atoms with E-state index in [1.807, 2.05) is 25.1 Å².